The predicted molar refractivity (Wildman–Crippen MR) is 45.3 cm³/mol. The minimum Gasteiger partial charge on any atom is -0.342 e. The highest BCUT2D eigenvalue weighted by Crippen LogP contribution is 2.25. The Labute approximate surface area is 68.6 Å². The van der Waals surface area contributed by atoms with Gasteiger partial charge in [-0.1, -0.05) is 20.8 Å². The molecule has 1 aliphatic rings. The van der Waals surface area contributed by atoms with E-state index in [4.69, 9.17) is 0 Å². The van der Waals surface area contributed by atoms with E-state index in [1.54, 1.807) is 0 Å². The average Bonchev–Trinajstić information content (AvgIpc) is 1.84. The SMILES string of the molecule is CCC(C)(C)C(=O)N1CCC1. The predicted octanol–water partition coefficient (Wildman–Crippen LogP) is 1.65. The van der Waals surface area contributed by atoms with Gasteiger partial charge in [0.1, 0.15) is 0 Å². The molecular formula is C9H17NO. The first-order valence-electron chi connectivity index (χ1n) is 4.37. The molecule has 2 heteroatoms. The molecule has 0 saturated carbocycles. The van der Waals surface area contributed by atoms with Gasteiger partial charge in [-0.05, 0) is 12.8 Å². The Morgan fingerprint density at radius 2 is 2.00 bits per heavy atom. The van der Waals surface area contributed by atoms with Gasteiger partial charge in [0, 0.05) is 18.5 Å². The lowest BCUT2D eigenvalue weighted by Crippen LogP contribution is -2.48. The van der Waals surface area contributed by atoms with Gasteiger partial charge < -0.3 is 4.90 Å². The first-order chi connectivity index (χ1) is 5.08. The maximum absolute atomic E-state index is 11.6. The summed E-state index contributed by atoms with van der Waals surface area (Å²) in [7, 11) is 0. The summed E-state index contributed by atoms with van der Waals surface area (Å²) in [5.74, 6) is 0.325. The molecular weight excluding hydrogens is 138 g/mol. The summed E-state index contributed by atoms with van der Waals surface area (Å²) in [5, 5.41) is 0. The van der Waals surface area contributed by atoms with Crippen molar-refractivity contribution in [3.63, 3.8) is 0 Å². The third kappa shape index (κ3) is 1.55. The zero-order valence-corrected chi connectivity index (χ0v) is 7.68. The zero-order chi connectivity index (χ0) is 8.48. The van der Waals surface area contributed by atoms with Gasteiger partial charge in [-0.25, -0.2) is 0 Å². The van der Waals surface area contributed by atoms with Gasteiger partial charge in [-0.15, -0.1) is 0 Å². The van der Waals surface area contributed by atoms with Crippen LogP contribution in [0.1, 0.15) is 33.6 Å². The molecule has 1 saturated heterocycles. The maximum Gasteiger partial charge on any atom is 0.228 e. The molecule has 0 aromatic heterocycles. The quantitative estimate of drug-likeness (QED) is 0.594. The standard InChI is InChI=1S/C9H17NO/c1-4-9(2,3)8(11)10-6-5-7-10/h4-7H2,1-3H3. The van der Waals surface area contributed by atoms with Crippen LogP contribution in [0.15, 0.2) is 0 Å². The van der Waals surface area contributed by atoms with E-state index >= 15 is 0 Å². The molecule has 0 radical (unpaired) electrons. The first-order valence-corrected chi connectivity index (χ1v) is 4.37. The number of amides is 1. The molecule has 0 atom stereocenters. The van der Waals surface area contributed by atoms with Gasteiger partial charge in [0.25, 0.3) is 0 Å². The summed E-state index contributed by atoms with van der Waals surface area (Å²) in [6, 6.07) is 0. The fourth-order valence-corrected chi connectivity index (χ4v) is 1.10. The highest BCUT2D eigenvalue weighted by molar-refractivity contribution is 5.82. The normalized spacial score (nSPS) is 17.9. The van der Waals surface area contributed by atoms with E-state index < -0.39 is 0 Å². The lowest BCUT2D eigenvalue weighted by molar-refractivity contribution is -0.144. The van der Waals surface area contributed by atoms with Crippen molar-refractivity contribution in [2.24, 2.45) is 5.41 Å². The number of carbonyl (C=O) groups is 1. The van der Waals surface area contributed by atoms with Gasteiger partial charge in [-0.3, -0.25) is 4.79 Å². The second-order valence-electron chi connectivity index (χ2n) is 3.88. The highest BCUT2D eigenvalue weighted by atomic mass is 16.2. The number of carbonyl (C=O) groups excluding carboxylic acids is 1. The molecule has 1 rings (SSSR count). The molecule has 1 heterocycles. The topological polar surface area (TPSA) is 20.3 Å². The van der Waals surface area contributed by atoms with Crippen molar-refractivity contribution < 1.29 is 4.79 Å². The van der Waals surface area contributed by atoms with Gasteiger partial charge in [0.2, 0.25) is 5.91 Å². The van der Waals surface area contributed by atoms with Crippen molar-refractivity contribution in [1.29, 1.82) is 0 Å². The number of hydrogen-bond donors (Lipinski definition) is 0. The first kappa shape index (κ1) is 8.57. The Hall–Kier alpha value is -0.530. The Morgan fingerprint density at radius 3 is 2.27 bits per heavy atom. The van der Waals surface area contributed by atoms with Gasteiger partial charge in [0.15, 0.2) is 0 Å². The van der Waals surface area contributed by atoms with E-state index in [1.807, 2.05) is 18.7 Å². The molecule has 0 bridgehead atoms. The second-order valence-corrected chi connectivity index (χ2v) is 3.88. The number of rotatable bonds is 2. The summed E-state index contributed by atoms with van der Waals surface area (Å²) < 4.78 is 0. The smallest absolute Gasteiger partial charge is 0.228 e. The molecule has 11 heavy (non-hydrogen) atoms. The lowest BCUT2D eigenvalue weighted by atomic mass is 9.87. The molecule has 0 spiro atoms. The summed E-state index contributed by atoms with van der Waals surface area (Å²) in [4.78, 5) is 13.6. The fourth-order valence-electron chi connectivity index (χ4n) is 1.10. The number of nitrogens with zero attached hydrogens (tertiary/aromatic N) is 1. The molecule has 1 aliphatic heterocycles. The van der Waals surface area contributed by atoms with Gasteiger partial charge in [-0.2, -0.15) is 0 Å². The Bertz CT molecular complexity index is 159. The third-order valence-corrected chi connectivity index (χ3v) is 2.61. The van der Waals surface area contributed by atoms with Gasteiger partial charge in [0.05, 0.1) is 0 Å². The van der Waals surface area contributed by atoms with Crippen LogP contribution in [0.25, 0.3) is 0 Å². The molecule has 0 aromatic rings. The lowest BCUT2D eigenvalue weighted by Gasteiger charge is -2.37. The van der Waals surface area contributed by atoms with Crippen LogP contribution < -0.4 is 0 Å². The van der Waals surface area contributed by atoms with Crippen LogP contribution in [0.3, 0.4) is 0 Å². The van der Waals surface area contributed by atoms with Crippen LogP contribution >= 0.6 is 0 Å². The average molecular weight is 155 g/mol. The van der Waals surface area contributed by atoms with E-state index in [1.165, 1.54) is 6.42 Å². The van der Waals surface area contributed by atoms with E-state index in [9.17, 15) is 4.79 Å². The van der Waals surface area contributed by atoms with Gasteiger partial charge >= 0.3 is 0 Å². The molecule has 0 aliphatic carbocycles. The van der Waals surface area contributed by atoms with Crippen LogP contribution in [0, 0.1) is 5.41 Å². The van der Waals surface area contributed by atoms with Crippen molar-refractivity contribution in [2.75, 3.05) is 13.1 Å². The van der Waals surface area contributed by atoms with Crippen LogP contribution in [-0.2, 0) is 4.79 Å². The monoisotopic (exact) mass is 155 g/mol. The third-order valence-electron chi connectivity index (χ3n) is 2.61. The molecule has 0 N–H and O–H groups in total. The minimum atomic E-state index is -0.138. The molecule has 1 fully saturated rings. The van der Waals surface area contributed by atoms with Crippen LogP contribution in [0.5, 0.6) is 0 Å². The molecule has 2 nitrogen and oxygen atoms in total. The van der Waals surface area contributed by atoms with E-state index in [0.29, 0.717) is 5.91 Å². The summed E-state index contributed by atoms with van der Waals surface area (Å²) in [6.45, 7) is 8.06. The molecule has 0 unspecified atom stereocenters. The number of hydrogen-bond acceptors (Lipinski definition) is 1. The van der Waals surface area contributed by atoms with Crippen LogP contribution in [-0.4, -0.2) is 23.9 Å². The Balaban J connectivity index is 2.51. The molecule has 64 valence electrons. The Morgan fingerprint density at radius 1 is 1.45 bits per heavy atom. The van der Waals surface area contributed by atoms with Crippen molar-refractivity contribution in [1.82, 2.24) is 4.90 Å². The number of likely N-dealkylation sites (tertiary alicyclic amines) is 1. The second kappa shape index (κ2) is 2.84. The van der Waals surface area contributed by atoms with Crippen molar-refractivity contribution in [3.05, 3.63) is 0 Å². The Kier molecular flexibility index (Phi) is 2.21. The summed E-state index contributed by atoms with van der Waals surface area (Å²) in [5.41, 5.74) is -0.138. The van der Waals surface area contributed by atoms with Crippen molar-refractivity contribution >= 4 is 5.91 Å². The largest absolute Gasteiger partial charge is 0.342 e. The van der Waals surface area contributed by atoms with E-state index in [0.717, 1.165) is 19.5 Å². The van der Waals surface area contributed by atoms with Crippen molar-refractivity contribution in [3.8, 4) is 0 Å². The maximum atomic E-state index is 11.6. The minimum absolute atomic E-state index is 0.138. The van der Waals surface area contributed by atoms with Crippen molar-refractivity contribution in [2.45, 2.75) is 33.6 Å². The summed E-state index contributed by atoms with van der Waals surface area (Å²) in [6.07, 6.45) is 2.12. The van der Waals surface area contributed by atoms with Crippen LogP contribution in [0.4, 0.5) is 0 Å². The fraction of sp³-hybridized carbons (Fsp3) is 0.889. The molecule has 1 amide bonds. The van der Waals surface area contributed by atoms with E-state index in [2.05, 4.69) is 6.92 Å². The highest BCUT2D eigenvalue weighted by Gasteiger charge is 2.32. The van der Waals surface area contributed by atoms with E-state index in [-0.39, 0.29) is 5.41 Å². The zero-order valence-electron chi connectivity index (χ0n) is 7.68. The molecule has 0 aromatic carbocycles. The summed E-state index contributed by atoms with van der Waals surface area (Å²) >= 11 is 0. The van der Waals surface area contributed by atoms with Crippen LogP contribution in [0.2, 0.25) is 0 Å².